The van der Waals surface area contributed by atoms with Crippen LogP contribution in [0.2, 0.25) is 0 Å². The van der Waals surface area contributed by atoms with Crippen molar-refractivity contribution >= 4 is 11.9 Å². The summed E-state index contributed by atoms with van der Waals surface area (Å²) >= 11 is 0. The fourth-order valence-corrected chi connectivity index (χ4v) is 0. The van der Waals surface area contributed by atoms with E-state index in [4.69, 9.17) is 19.8 Å². The Morgan fingerprint density at radius 1 is 1.14 bits per heavy atom. The van der Waals surface area contributed by atoms with Crippen LogP contribution >= 0.6 is 0 Å². The Hall–Kier alpha value is 0.745. The Morgan fingerprint density at radius 2 is 1.29 bits per heavy atom. The molecular formula is C2HO4Rb. The van der Waals surface area contributed by atoms with Crippen molar-refractivity contribution < 1.29 is 79.4 Å². The number of carboxylic acids is 2. The SMILES string of the molecule is O=C([O-])C(=O)[O-].[H+].[Rb+]. The van der Waals surface area contributed by atoms with E-state index in [1.807, 2.05) is 0 Å². The minimum atomic E-state index is -2.19. The fourth-order valence-electron chi connectivity index (χ4n) is 0. The molecule has 0 amide bonds. The van der Waals surface area contributed by atoms with Crippen LogP contribution in [-0.4, -0.2) is 11.9 Å². The first-order valence-electron chi connectivity index (χ1n) is 1.07. The van der Waals surface area contributed by atoms with Gasteiger partial charge in [-0.1, -0.05) is 0 Å². The molecule has 0 atom stereocenters. The Kier molecular flexibility index (Phi) is 7.46. The largest absolute Gasteiger partial charge is 1.00 e. The summed E-state index contributed by atoms with van der Waals surface area (Å²) in [5, 5.41) is 17.9. The molecule has 4 nitrogen and oxygen atoms in total. The number of carbonyl (C=O) groups excluding carboxylic acids is 2. The summed E-state index contributed by atoms with van der Waals surface area (Å²) in [6.45, 7) is 0. The van der Waals surface area contributed by atoms with Crippen molar-refractivity contribution in [2.45, 2.75) is 0 Å². The molecule has 0 fully saturated rings. The van der Waals surface area contributed by atoms with Crippen LogP contribution in [-0.2, 0) is 9.59 Å². The number of aliphatic carboxylic acids is 2. The third-order valence-corrected chi connectivity index (χ3v) is 0.167. The number of carbonyl (C=O) groups is 2. The van der Waals surface area contributed by atoms with Gasteiger partial charge in [-0.25, -0.2) is 0 Å². The molecule has 0 aromatic rings. The molecule has 7 heavy (non-hydrogen) atoms. The van der Waals surface area contributed by atoms with Crippen LogP contribution in [0.3, 0.4) is 0 Å². The summed E-state index contributed by atoms with van der Waals surface area (Å²) in [5.41, 5.74) is 0. The second-order valence-corrected chi connectivity index (χ2v) is 0.575. The van der Waals surface area contributed by atoms with Gasteiger partial charge in [0.2, 0.25) is 0 Å². The molecular weight excluding hydrogens is 173 g/mol. The Morgan fingerprint density at radius 3 is 1.29 bits per heavy atom. The average molecular weight is 174 g/mol. The number of rotatable bonds is 0. The van der Waals surface area contributed by atoms with E-state index in [1.54, 1.807) is 0 Å². The zero-order valence-corrected chi connectivity index (χ0v) is 8.55. The van der Waals surface area contributed by atoms with Crippen molar-refractivity contribution in [2.24, 2.45) is 0 Å². The first kappa shape index (κ1) is 10.7. The number of carboxylic acid groups (broad SMARTS) is 2. The monoisotopic (exact) mass is 174 g/mol. The van der Waals surface area contributed by atoms with E-state index in [9.17, 15) is 0 Å². The molecule has 0 bridgehead atoms. The van der Waals surface area contributed by atoms with Crippen LogP contribution in [0, 0.1) is 0 Å². The van der Waals surface area contributed by atoms with Gasteiger partial charge in [0.05, 0.1) is 11.9 Å². The first-order valence-corrected chi connectivity index (χ1v) is 1.07. The van der Waals surface area contributed by atoms with Gasteiger partial charge in [0.15, 0.2) is 0 Å². The van der Waals surface area contributed by atoms with Crippen LogP contribution in [0.25, 0.3) is 0 Å². The summed E-state index contributed by atoms with van der Waals surface area (Å²) < 4.78 is 0. The predicted octanol–water partition coefficient (Wildman–Crippen LogP) is -6.40. The molecule has 0 unspecified atom stereocenters. The van der Waals surface area contributed by atoms with Gasteiger partial charge in [0, 0.05) is 0 Å². The Labute approximate surface area is 89.8 Å². The molecule has 0 aromatic carbocycles. The minimum absolute atomic E-state index is 0. The molecule has 0 aliphatic heterocycles. The van der Waals surface area contributed by atoms with Crippen molar-refractivity contribution in [2.75, 3.05) is 0 Å². The number of hydrogen-bond donors (Lipinski definition) is 0. The van der Waals surface area contributed by atoms with Gasteiger partial charge < -0.3 is 19.8 Å². The summed E-state index contributed by atoms with van der Waals surface area (Å²) in [6, 6.07) is 0. The maximum Gasteiger partial charge on any atom is 1.00 e. The van der Waals surface area contributed by atoms with Crippen molar-refractivity contribution in [3.63, 3.8) is 0 Å². The molecule has 5 heteroatoms. The smallest absolute Gasteiger partial charge is 0.543 e. The molecule has 0 heterocycles. The standard InChI is InChI=1S/C2H2O4.Rb/c3-1(4)2(5)6;/h(H,3,4)(H,5,6);/q;+1/p-1. The van der Waals surface area contributed by atoms with Gasteiger partial charge in [-0.3, -0.25) is 0 Å². The molecule has 0 rings (SSSR count). The quantitative estimate of drug-likeness (QED) is 0.342. The van der Waals surface area contributed by atoms with Crippen LogP contribution in [0.5, 0.6) is 0 Å². The van der Waals surface area contributed by atoms with E-state index in [-0.39, 0.29) is 59.6 Å². The maximum atomic E-state index is 8.93. The van der Waals surface area contributed by atoms with E-state index < -0.39 is 11.9 Å². The van der Waals surface area contributed by atoms with Gasteiger partial charge in [0.1, 0.15) is 0 Å². The molecule has 0 spiro atoms. The molecule has 34 valence electrons. The molecule has 0 saturated carbocycles. The van der Waals surface area contributed by atoms with Crippen molar-refractivity contribution in [1.29, 1.82) is 0 Å². The molecule has 0 aliphatic rings. The first-order chi connectivity index (χ1) is 2.64. The summed E-state index contributed by atoms with van der Waals surface area (Å²) in [6.07, 6.45) is 0. The van der Waals surface area contributed by atoms with Crippen molar-refractivity contribution in [1.82, 2.24) is 0 Å². The average Bonchev–Trinajstić information content (AvgIpc) is 1.36. The van der Waals surface area contributed by atoms with Crippen LogP contribution in [0.1, 0.15) is 1.43 Å². The topological polar surface area (TPSA) is 80.3 Å². The second kappa shape index (κ2) is 4.89. The molecule has 0 aliphatic carbocycles. The van der Waals surface area contributed by atoms with E-state index in [0.717, 1.165) is 0 Å². The van der Waals surface area contributed by atoms with Crippen LogP contribution < -0.4 is 68.4 Å². The predicted molar refractivity (Wildman–Crippen MR) is 11.1 cm³/mol. The van der Waals surface area contributed by atoms with Gasteiger partial charge in [-0.15, -0.1) is 0 Å². The molecule has 0 aromatic heterocycles. The zero-order valence-electron chi connectivity index (χ0n) is 4.63. The third-order valence-electron chi connectivity index (χ3n) is 0.167. The second-order valence-electron chi connectivity index (χ2n) is 0.575. The fraction of sp³-hybridized carbons (Fsp3) is 0. The molecule has 0 radical (unpaired) electrons. The van der Waals surface area contributed by atoms with Gasteiger partial charge in [0.25, 0.3) is 0 Å². The summed E-state index contributed by atoms with van der Waals surface area (Å²) in [5.74, 6) is -4.37. The Balaban J connectivity index is -0.000000125. The zero-order chi connectivity index (χ0) is 5.15. The van der Waals surface area contributed by atoms with E-state index >= 15 is 0 Å². The van der Waals surface area contributed by atoms with Crippen LogP contribution in [0.4, 0.5) is 0 Å². The summed E-state index contributed by atoms with van der Waals surface area (Å²) in [4.78, 5) is 17.9. The van der Waals surface area contributed by atoms with Crippen molar-refractivity contribution in [3.8, 4) is 0 Å². The molecule has 0 N–H and O–H groups in total. The van der Waals surface area contributed by atoms with Crippen LogP contribution in [0.15, 0.2) is 0 Å². The third kappa shape index (κ3) is 6.75. The van der Waals surface area contributed by atoms with E-state index in [0.29, 0.717) is 0 Å². The number of hydrogen-bond acceptors (Lipinski definition) is 4. The molecule has 0 saturated heterocycles. The Bertz CT molecular complexity index is 80.0. The van der Waals surface area contributed by atoms with E-state index in [2.05, 4.69) is 0 Å². The van der Waals surface area contributed by atoms with Gasteiger partial charge >= 0.3 is 59.6 Å². The summed E-state index contributed by atoms with van der Waals surface area (Å²) in [7, 11) is 0. The van der Waals surface area contributed by atoms with Gasteiger partial charge in [-0.05, 0) is 0 Å². The normalized spacial score (nSPS) is 6.29. The van der Waals surface area contributed by atoms with Gasteiger partial charge in [-0.2, -0.15) is 0 Å². The van der Waals surface area contributed by atoms with E-state index in [1.165, 1.54) is 0 Å². The van der Waals surface area contributed by atoms with Crippen molar-refractivity contribution in [3.05, 3.63) is 0 Å². The maximum absolute atomic E-state index is 8.93. The minimum Gasteiger partial charge on any atom is -0.543 e.